The van der Waals surface area contributed by atoms with Gasteiger partial charge in [0.25, 0.3) is 0 Å². The maximum atomic E-state index is 12.2. The number of imidazole rings is 1. The van der Waals surface area contributed by atoms with E-state index < -0.39 is 0 Å². The van der Waals surface area contributed by atoms with Crippen LogP contribution in [0.2, 0.25) is 0 Å². The van der Waals surface area contributed by atoms with Crippen LogP contribution in [0.25, 0.3) is 11.0 Å². The number of aromatic nitrogens is 2. The second kappa shape index (κ2) is 9.30. The minimum absolute atomic E-state index is 0.193. The van der Waals surface area contributed by atoms with E-state index in [-0.39, 0.29) is 12.0 Å². The molecule has 0 bridgehead atoms. The number of aryl methyl sites for hydroxylation is 1. The second-order valence-electron chi connectivity index (χ2n) is 9.86. The summed E-state index contributed by atoms with van der Waals surface area (Å²) in [5, 5.41) is 0. The molecule has 0 spiro atoms. The fraction of sp³-hybridized carbons (Fsp3) is 0.500. The van der Waals surface area contributed by atoms with Crippen LogP contribution >= 0.6 is 0 Å². The van der Waals surface area contributed by atoms with E-state index in [0.29, 0.717) is 18.5 Å². The molecule has 4 unspecified atom stereocenters. The number of benzene rings is 2. The maximum Gasteiger partial charge on any atom is 0.127 e. The molecule has 0 radical (unpaired) electrons. The van der Waals surface area contributed by atoms with Crippen LogP contribution in [0.3, 0.4) is 0 Å². The van der Waals surface area contributed by atoms with Crippen molar-refractivity contribution in [3.05, 3.63) is 59.4 Å². The Morgan fingerprint density at radius 2 is 1.97 bits per heavy atom. The molecule has 174 valence electrons. The summed E-state index contributed by atoms with van der Waals surface area (Å²) in [5.74, 6) is 0.837. The molecule has 3 aromatic rings. The smallest absolute Gasteiger partial charge is 0.127 e. The van der Waals surface area contributed by atoms with Gasteiger partial charge in [0.1, 0.15) is 12.1 Å². The zero-order valence-electron chi connectivity index (χ0n) is 20.0. The van der Waals surface area contributed by atoms with Crippen molar-refractivity contribution in [2.75, 3.05) is 19.1 Å². The Bertz CT molecular complexity index is 1120. The van der Waals surface area contributed by atoms with E-state index in [0.717, 1.165) is 61.7 Å². The number of hydrogen-bond donors (Lipinski definition) is 0. The summed E-state index contributed by atoms with van der Waals surface area (Å²) in [5.41, 5.74) is 6.05. The number of aldehydes is 1. The third-order valence-corrected chi connectivity index (χ3v) is 7.96. The molecule has 5 rings (SSSR count). The van der Waals surface area contributed by atoms with Crippen molar-refractivity contribution in [2.24, 2.45) is 0 Å². The summed E-state index contributed by atoms with van der Waals surface area (Å²) in [6.45, 7) is 2.29. The number of anilines is 1. The Labute approximate surface area is 196 Å². The van der Waals surface area contributed by atoms with Crippen LogP contribution in [0.5, 0.6) is 0 Å². The van der Waals surface area contributed by atoms with Crippen LogP contribution in [0.1, 0.15) is 67.9 Å². The number of rotatable bonds is 6. The molecule has 1 aliphatic carbocycles. The predicted molar refractivity (Wildman–Crippen MR) is 133 cm³/mol. The van der Waals surface area contributed by atoms with E-state index in [4.69, 9.17) is 9.72 Å². The number of carbonyl (C=O) groups is 1. The highest BCUT2D eigenvalue weighted by atomic mass is 16.5. The van der Waals surface area contributed by atoms with E-state index in [2.05, 4.69) is 35.6 Å². The van der Waals surface area contributed by atoms with Crippen LogP contribution < -0.4 is 4.90 Å². The number of nitrogens with zero attached hydrogens (tertiary/aromatic N) is 3. The highest BCUT2D eigenvalue weighted by Gasteiger charge is 2.30. The Hall–Kier alpha value is -2.66. The van der Waals surface area contributed by atoms with Gasteiger partial charge >= 0.3 is 0 Å². The lowest BCUT2D eigenvalue weighted by Gasteiger charge is -2.34. The quantitative estimate of drug-likeness (QED) is 0.473. The molecule has 2 aliphatic rings. The van der Waals surface area contributed by atoms with Crippen molar-refractivity contribution in [1.29, 1.82) is 0 Å². The summed E-state index contributed by atoms with van der Waals surface area (Å²) in [7, 11) is 4.01. The van der Waals surface area contributed by atoms with Gasteiger partial charge in [-0.3, -0.25) is 0 Å². The topological polar surface area (TPSA) is 47.4 Å². The molecule has 1 saturated carbocycles. The van der Waals surface area contributed by atoms with Gasteiger partial charge in [-0.2, -0.15) is 0 Å². The molecule has 1 aliphatic heterocycles. The third kappa shape index (κ3) is 4.08. The molecule has 2 heterocycles. The highest BCUT2D eigenvalue weighted by Crippen LogP contribution is 2.39. The van der Waals surface area contributed by atoms with Gasteiger partial charge in [0, 0.05) is 49.8 Å². The molecule has 2 aromatic carbocycles. The van der Waals surface area contributed by atoms with E-state index >= 15 is 0 Å². The normalized spacial score (nSPS) is 24.0. The number of hydrogen-bond acceptors (Lipinski definition) is 4. The first kappa shape index (κ1) is 22.1. The standard InChI is InChI=1S/C28H35N3O2/c1-19-12-13-24-25(30(19)2)14-15-26-28(24)29-27(16-21(18-32)20-8-5-4-6-9-20)31(26)22-10-7-11-23(17-22)33-3/h4-6,8-9,14-15,18-19,21-23H,7,10-13,16-17H2,1-3H3. The summed E-state index contributed by atoms with van der Waals surface area (Å²) in [6.07, 6.45) is 8.59. The van der Waals surface area contributed by atoms with E-state index in [1.807, 2.05) is 37.4 Å². The van der Waals surface area contributed by atoms with Crippen molar-refractivity contribution in [1.82, 2.24) is 9.55 Å². The molecule has 1 aromatic heterocycles. The lowest BCUT2D eigenvalue weighted by atomic mass is 9.91. The minimum atomic E-state index is -0.193. The lowest BCUT2D eigenvalue weighted by Crippen LogP contribution is -2.33. The number of carbonyl (C=O) groups excluding carboxylic acids is 1. The molecule has 5 nitrogen and oxygen atoms in total. The summed E-state index contributed by atoms with van der Waals surface area (Å²) in [4.78, 5) is 19.8. The monoisotopic (exact) mass is 445 g/mol. The van der Waals surface area contributed by atoms with Crippen LogP contribution in [-0.2, 0) is 22.4 Å². The van der Waals surface area contributed by atoms with Crippen molar-refractivity contribution >= 4 is 23.0 Å². The zero-order valence-corrected chi connectivity index (χ0v) is 20.0. The van der Waals surface area contributed by atoms with Gasteiger partial charge in [-0.05, 0) is 63.1 Å². The van der Waals surface area contributed by atoms with Crippen LogP contribution in [0.4, 0.5) is 5.69 Å². The van der Waals surface area contributed by atoms with E-state index in [1.165, 1.54) is 16.8 Å². The van der Waals surface area contributed by atoms with Crippen LogP contribution in [0.15, 0.2) is 42.5 Å². The SMILES string of the molecule is COC1CCCC(n2c(CC(C=O)c3ccccc3)nc3c4c(ccc32)N(C)C(C)CC4)C1. The van der Waals surface area contributed by atoms with E-state index in [9.17, 15) is 4.79 Å². The van der Waals surface area contributed by atoms with Gasteiger partial charge in [0.2, 0.25) is 0 Å². The first-order valence-corrected chi connectivity index (χ1v) is 12.4. The molecule has 0 saturated heterocycles. The Balaban J connectivity index is 1.62. The highest BCUT2D eigenvalue weighted by molar-refractivity contribution is 5.86. The largest absolute Gasteiger partial charge is 0.381 e. The predicted octanol–water partition coefficient (Wildman–Crippen LogP) is 5.46. The lowest BCUT2D eigenvalue weighted by molar-refractivity contribution is -0.109. The first-order valence-electron chi connectivity index (χ1n) is 12.4. The number of ether oxygens (including phenoxy) is 1. The molecular formula is C28H35N3O2. The summed E-state index contributed by atoms with van der Waals surface area (Å²) in [6, 6.07) is 15.5. The second-order valence-corrected chi connectivity index (χ2v) is 9.86. The summed E-state index contributed by atoms with van der Waals surface area (Å²) < 4.78 is 8.22. The molecule has 0 N–H and O–H groups in total. The summed E-state index contributed by atoms with van der Waals surface area (Å²) >= 11 is 0. The minimum Gasteiger partial charge on any atom is -0.381 e. The van der Waals surface area contributed by atoms with Crippen LogP contribution in [-0.4, -0.2) is 42.1 Å². The van der Waals surface area contributed by atoms with Gasteiger partial charge in [0.15, 0.2) is 0 Å². The van der Waals surface area contributed by atoms with E-state index in [1.54, 1.807) is 0 Å². The Morgan fingerprint density at radius 3 is 2.73 bits per heavy atom. The van der Waals surface area contributed by atoms with Gasteiger partial charge in [-0.15, -0.1) is 0 Å². The van der Waals surface area contributed by atoms with Crippen molar-refractivity contribution in [3.8, 4) is 0 Å². The zero-order chi connectivity index (χ0) is 22.9. The third-order valence-electron chi connectivity index (χ3n) is 7.96. The Morgan fingerprint density at radius 1 is 1.15 bits per heavy atom. The molecule has 4 atom stereocenters. The van der Waals surface area contributed by atoms with Crippen LogP contribution in [0, 0.1) is 0 Å². The number of methoxy groups -OCH3 is 1. The van der Waals surface area contributed by atoms with Crippen molar-refractivity contribution in [3.63, 3.8) is 0 Å². The molecular weight excluding hydrogens is 410 g/mol. The molecule has 1 fully saturated rings. The fourth-order valence-corrected chi connectivity index (χ4v) is 5.88. The van der Waals surface area contributed by atoms with Gasteiger partial charge in [-0.25, -0.2) is 4.98 Å². The van der Waals surface area contributed by atoms with Crippen molar-refractivity contribution in [2.45, 2.75) is 76.0 Å². The molecule has 5 heteroatoms. The van der Waals surface area contributed by atoms with Gasteiger partial charge < -0.3 is 19.0 Å². The average Bonchev–Trinajstić information content (AvgIpc) is 3.23. The fourth-order valence-electron chi connectivity index (χ4n) is 5.88. The maximum absolute atomic E-state index is 12.2. The first-order chi connectivity index (χ1) is 16.1. The Kier molecular flexibility index (Phi) is 6.24. The van der Waals surface area contributed by atoms with Gasteiger partial charge in [-0.1, -0.05) is 30.3 Å². The van der Waals surface area contributed by atoms with Crippen molar-refractivity contribution < 1.29 is 9.53 Å². The number of fused-ring (bicyclic) bond motifs is 3. The molecule has 0 amide bonds. The van der Waals surface area contributed by atoms with Gasteiger partial charge in [0.05, 0.1) is 17.1 Å². The molecule has 33 heavy (non-hydrogen) atoms. The average molecular weight is 446 g/mol.